The van der Waals surface area contributed by atoms with E-state index in [1.807, 2.05) is 30.3 Å². The summed E-state index contributed by atoms with van der Waals surface area (Å²) in [5.74, 6) is 0. The van der Waals surface area contributed by atoms with Gasteiger partial charge in [0, 0.05) is 24.8 Å². The SMILES string of the molecule is O=[N+]([O-])c1ccc2ncc(Cc3ccccc3)nc2c1. The Morgan fingerprint density at radius 2 is 1.85 bits per heavy atom. The van der Waals surface area contributed by atoms with Crippen molar-refractivity contribution in [2.45, 2.75) is 6.42 Å². The predicted octanol–water partition coefficient (Wildman–Crippen LogP) is 3.13. The predicted molar refractivity (Wildman–Crippen MR) is 75.4 cm³/mol. The van der Waals surface area contributed by atoms with E-state index in [1.165, 1.54) is 12.1 Å². The molecular weight excluding hydrogens is 254 g/mol. The molecule has 0 amide bonds. The normalized spacial score (nSPS) is 10.6. The van der Waals surface area contributed by atoms with Gasteiger partial charge >= 0.3 is 0 Å². The second-order valence-electron chi connectivity index (χ2n) is 4.45. The molecule has 5 heteroatoms. The van der Waals surface area contributed by atoms with Crippen LogP contribution in [0.5, 0.6) is 0 Å². The molecule has 98 valence electrons. The third-order valence-electron chi connectivity index (χ3n) is 3.01. The van der Waals surface area contributed by atoms with Crippen molar-refractivity contribution in [2.24, 2.45) is 0 Å². The Kier molecular flexibility index (Phi) is 3.09. The zero-order valence-electron chi connectivity index (χ0n) is 10.6. The lowest BCUT2D eigenvalue weighted by atomic mass is 10.1. The first-order chi connectivity index (χ1) is 9.72. The van der Waals surface area contributed by atoms with E-state index in [-0.39, 0.29) is 5.69 Å². The summed E-state index contributed by atoms with van der Waals surface area (Å²) in [7, 11) is 0. The van der Waals surface area contributed by atoms with Gasteiger partial charge in [-0.3, -0.25) is 15.1 Å². The van der Waals surface area contributed by atoms with Crippen LogP contribution >= 0.6 is 0 Å². The fourth-order valence-electron chi connectivity index (χ4n) is 2.04. The number of rotatable bonds is 3. The van der Waals surface area contributed by atoms with Gasteiger partial charge < -0.3 is 0 Å². The summed E-state index contributed by atoms with van der Waals surface area (Å²) in [6.07, 6.45) is 2.37. The van der Waals surface area contributed by atoms with Gasteiger partial charge in [-0.25, -0.2) is 4.98 Å². The van der Waals surface area contributed by atoms with E-state index in [4.69, 9.17) is 0 Å². The quantitative estimate of drug-likeness (QED) is 0.539. The monoisotopic (exact) mass is 265 g/mol. The zero-order chi connectivity index (χ0) is 13.9. The van der Waals surface area contributed by atoms with Crippen LogP contribution in [-0.2, 0) is 6.42 Å². The molecule has 2 aromatic carbocycles. The summed E-state index contributed by atoms with van der Waals surface area (Å²) < 4.78 is 0. The molecule has 0 saturated heterocycles. The lowest BCUT2D eigenvalue weighted by Crippen LogP contribution is -1.96. The van der Waals surface area contributed by atoms with Crippen LogP contribution in [-0.4, -0.2) is 14.9 Å². The van der Waals surface area contributed by atoms with Crippen molar-refractivity contribution in [1.29, 1.82) is 0 Å². The van der Waals surface area contributed by atoms with Crippen molar-refractivity contribution in [2.75, 3.05) is 0 Å². The number of hydrogen-bond donors (Lipinski definition) is 0. The molecule has 0 radical (unpaired) electrons. The van der Waals surface area contributed by atoms with Crippen LogP contribution in [0.1, 0.15) is 11.3 Å². The Balaban J connectivity index is 1.99. The summed E-state index contributed by atoms with van der Waals surface area (Å²) in [6, 6.07) is 14.4. The van der Waals surface area contributed by atoms with Crippen molar-refractivity contribution < 1.29 is 4.92 Å². The molecule has 3 aromatic rings. The van der Waals surface area contributed by atoms with Gasteiger partial charge in [-0.15, -0.1) is 0 Å². The lowest BCUT2D eigenvalue weighted by molar-refractivity contribution is -0.384. The van der Waals surface area contributed by atoms with Crippen molar-refractivity contribution in [3.8, 4) is 0 Å². The maximum Gasteiger partial charge on any atom is 0.271 e. The average molecular weight is 265 g/mol. The number of nitrogens with zero attached hydrogens (tertiary/aromatic N) is 3. The summed E-state index contributed by atoms with van der Waals surface area (Å²) in [6.45, 7) is 0. The van der Waals surface area contributed by atoms with Gasteiger partial charge in [-0.05, 0) is 11.6 Å². The third kappa shape index (κ3) is 2.47. The lowest BCUT2D eigenvalue weighted by Gasteiger charge is -2.02. The van der Waals surface area contributed by atoms with Gasteiger partial charge in [-0.2, -0.15) is 0 Å². The van der Waals surface area contributed by atoms with Gasteiger partial charge in [-0.1, -0.05) is 30.3 Å². The first-order valence-electron chi connectivity index (χ1n) is 6.16. The molecule has 0 aliphatic carbocycles. The van der Waals surface area contributed by atoms with Crippen molar-refractivity contribution in [1.82, 2.24) is 9.97 Å². The minimum Gasteiger partial charge on any atom is -0.258 e. The molecule has 20 heavy (non-hydrogen) atoms. The minimum absolute atomic E-state index is 0.0312. The first-order valence-corrected chi connectivity index (χ1v) is 6.16. The van der Waals surface area contributed by atoms with Crippen molar-refractivity contribution in [3.05, 3.63) is 76.1 Å². The fourth-order valence-corrected chi connectivity index (χ4v) is 2.04. The number of fused-ring (bicyclic) bond motifs is 1. The third-order valence-corrected chi connectivity index (χ3v) is 3.01. The van der Waals surface area contributed by atoms with Gasteiger partial charge in [0.25, 0.3) is 5.69 Å². The van der Waals surface area contributed by atoms with Gasteiger partial charge in [0.15, 0.2) is 0 Å². The summed E-state index contributed by atoms with van der Waals surface area (Å²) in [5.41, 5.74) is 3.17. The highest BCUT2D eigenvalue weighted by molar-refractivity contribution is 5.76. The average Bonchev–Trinajstić information content (AvgIpc) is 2.47. The molecule has 0 N–H and O–H groups in total. The molecule has 5 nitrogen and oxygen atoms in total. The Morgan fingerprint density at radius 3 is 2.60 bits per heavy atom. The molecule has 0 aliphatic heterocycles. The summed E-state index contributed by atoms with van der Waals surface area (Å²) >= 11 is 0. The molecule has 0 unspecified atom stereocenters. The molecular formula is C15H11N3O2. The highest BCUT2D eigenvalue weighted by Gasteiger charge is 2.08. The van der Waals surface area contributed by atoms with Gasteiger partial charge in [0.1, 0.15) is 0 Å². The zero-order valence-corrected chi connectivity index (χ0v) is 10.6. The Hall–Kier alpha value is -2.82. The van der Waals surface area contributed by atoms with E-state index in [0.717, 1.165) is 11.3 Å². The van der Waals surface area contributed by atoms with E-state index >= 15 is 0 Å². The van der Waals surface area contributed by atoms with Gasteiger partial charge in [0.2, 0.25) is 0 Å². The Morgan fingerprint density at radius 1 is 1.05 bits per heavy atom. The highest BCUT2D eigenvalue weighted by Crippen LogP contribution is 2.18. The number of benzene rings is 2. The van der Waals surface area contributed by atoms with Crippen LogP contribution in [0.25, 0.3) is 11.0 Å². The molecule has 0 saturated carbocycles. The standard InChI is InChI=1S/C15H11N3O2/c19-18(20)13-6-7-14-15(9-13)17-12(10-16-14)8-11-4-2-1-3-5-11/h1-7,9-10H,8H2. The van der Waals surface area contributed by atoms with E-state index in [2.05, 4.69) is 9.97 Å². The molecule has 3 rings (SSSR count). The second kappa shape index (κ2) is 5.05. The number of non-ortho nitro benzene ring substituents is 1. The second-order valence-corrected chi connectivity index (χ2v) is 4.45. The van der Waals surface area contributed by atoms with E-state index in [1.54, 1.807) is 12.3 Å². The molecule has 0 fully saturated rings. The van der Waals surface area contributed by atoms with Crippen LogP contribution in [0.2, 0.25) is 0 Å². The van der Waals surface area contributed by atoms with Crippen molar-refractivity contribution in [3.63, 3.8) is 0 Å². The van der Waals surface area contributed by atoms with Crippen LogP contribution < -0.4 is 0 Å². The van der Waals surface area contributed by atoms with Gasteiger partial charge in [0.05, 0.1) is 21.7 Å². The van der Waals surface area contributed by atoms with E-state index < -0.39 is 4.92 Å². The Labute approximate surface area is 115 Å². The minimum atomic E-state index is -0.426. The number of nitro benzene ring substituents is 1. The molecule has 0 spiro atoms. The summed E-state index contributed by atoms with van der Waals surface area (Å²) in [5, 5.41) is 10.8. The highest BCUT2D eigenvalue weighted by atomic mass is 16.6. The number of nitro groups is 1. The number of hydrogen-bond acceptors (Lipinski definition) is 4. The maximum atomic E-state index is 10.8. The number of aromatic nitrogens is 2. The largest absolute Gasteiger partial charge is 0.271 e. The van der Waals surface area contributed by atoms with E-state index in [0.29, 0.717) is 17.5 Å². The molecule has 1 aromatic heterocycles. The van der Waals surface area contributed by atoms with Crippen molar-refractivity contribution >= 4 is 16.7 Å². The topological polar surface area (TPSA) is 68.9 Å². The molecule has 0 atom stereocenters. The van der Waals surface area contributed by atoms with Crippen LogP contribution in [0.15, 0.2) is 54.7 Å². The Bertz CT molecular complexity index is 772. The molecule has 0 aliphatic rings. The fraction of sp³-hybridized carbons (Fsp3) is 0.0667. The first kappa shape index (κ1) is 12.2. The van der Waals surface area contributed by atoms with Crippen LogP contribution in [0.4, 0.5) is 5.69 Å². The maximum absolute atomic E-state index is 10.8. The van der Waals surface area contributed by atoms with Crippen LogP contribution in [0.3, 0.4) is 0 Å². The van der Waals surface area contributed by atoms with Crippen LogP contribution in [0, 0.1) is 10.1 Å². The summed E-state index contributed by atoms with van der Waals surface area (Å²) in [4.78, 5) is 19.1. The van der Waals surface area contributed by atoms with E-state index in [9.17, 15) is 10.1 Å². The molecule has 1 heterocycles. The molecule has 0 bridgehead atoms. The smallest absolute Gasteiger partial charge is 0.258 e.